The van der Waals surface area contributed by atoms with E-state index in [4.69, 9.17) is 15.3 Å². The van der Waals surface area contributed by atoms with Crippen molar-refractivity contribution >= 4 is 0 Å². The van der Waals surface area contributed by atoms with Crippen molar-refractivity contribution in [1.29, 1.82) is 0 Å². The molecule has 0 spiro atoms. The smallest absolute Gasteiger partial charge is 0.119 e. The van der Waals surface area contributed by atoms with Gasteiger partial charge in [-0.15, -0.1) is 0 Å². The van der Waals surface area contributed by atoms with Gasteiger partial charge in [-0.1, -0.05) is 12.1 Å². The number of morpholine rings is 1. The maximum Gasteiger partial charge on any atom is 0.119 e. The van der Waals surface area contributed by atoms with Gasteiger partial charge in [-0.25, -0.2) is 0 Å². The number of hydrogen-bond acceptors (Lipinski definition) is 5. The molecule has 1 aromatic rings. The van der Waals surface area contributed by atoms with Crippen LogP contribution in [0.2, 0.25) is 0 Å². The first-order valence-electron chi connectivity index (χ1n) is 6.73. The molecule has 1 saturated heterocycles. The summed E-state index contributed by atoms with van der Waals surface area (Å²) >= 11 is 0. The Labute approximate surface area is 114 Å². The average Bonchev–Trinajstić information content (AvgIpc) is 2.42. The van der Waals surface area contributed by atoms with Crippen molar-refractivity contribution in [1.82, 2.24) is 10.3 Å². The summed E-state index contributed by atoms with van der Waals surface area (Å²) in [6.45, 7) is 5.24. The lowest BCUT2D eigenvalue weighted by Crippen LogP contribution is -2.48. The van der Waals surface area contributed by atoms with Crippen LogP contribution in [0.15, 0.2) is 24.3 Å². The van der Waals surface area contributed by atoms with E-state index in [0.717, 1.165) is 31.0 Å². The molecule has 106 valence electrons. The van der Waals surface area contributed by atoms with Crippen molar-refractivity contribution in [3.05, 3.63) is 29.8 Å². The van der Waals surface area contributed by atoms with E-state index in [-0.39, 0.29) is 12.1 Å². The second kappa shape index (κ2) is 6.86. The molecule has 2 atom stereocenters. The summed E-state index contributed by atoms with van der Waals surface area (Å²) in [4.78, 5) is 2.26. The molecule has 1 fully saturated rings. The molecule has 0 radical (unpaired) electrons. The van der Waals surface area contributed by atoms with Crippen LogP contribution in [-0.4, -0.2) is 44.4 Å². The van der Waals surface area contributed by atoms with Gasteiger partial charge in [0, 0.05) is 13.1 Å². The first kappa shape index (κ1) is 14.3. The minimum absolute atomic E-state index is 0.00146. The standard InChI is InChI=1S/C14H23N3O2/c1-3-18-12-6-4-11(5-7-12)14(16-15)13-10-17(2)8-9-19-13/h4-7,13-14,16H,3,8-10,15H2,1-2H3. The number of benzene rings is 1. The highest BCUT2D eigenvalue weighted by molar-refractivity contribution is 5.29. The molecule has 1 aliphatic heterocycles. The number of nitrogens with one attached hydrogen (secondary N) is 1. The van der Waals surface area contributed by atoms with E-state index < -0.39 is 0 Å². The minimum atomic E-state index is -0.00146. The highest BCUT2D eigenvalue weighted by Crippen LogP contribution is 2.23. The molecule has 0 saturated carbocycles. The van der Waals surface area contributed by atoms with Crippen LogP contribution in [0.25, 0.3) is 0 Å². The highest BCUT2D eigenvalue weighted by atomic mass is 16.5. The van der Waals surface area contributed by atoms with E-state index in [1.807, 2.05) is 31.2 Å². The van der Waals surface area contributed by atoms with Gasteiger partial charge in [0.1, 0.15) is 5.75 Å². The Morgan fingerprint density at radius 1 is 1.47 bits per heavy atom. The molecule has 1 aliphatic rings. The van der Waals surface area contributed by atoms with Crippen LogP contribution in [0.4, 0.5) is 0 Å². The van der Waals surface area contributed by atoms with E-state index >= 15 is 0 Å². The maximum absolute atomic E-state index is 5.82. The van der Waals surface area contributed by atoms with Crippen LogP contribution in [0.5, 0.6) is 5.75 Å². The zero-order valence-corrected chi connectivity index (χ0v) is 11.6. The third-order valence-electron chi connectivity index (χ3n) is 3.40. The fraction of sp³-hybridized carbons (Fsp3) is 0.571. The second-order valence-electron chi connectivity index (χ2n) is 4.82. The minimum Gasteiger partial charge on any atom is -0.494 e. The molecule has 2 rings (SSSR count). The number of nitrogens with two attached hydrogens (primary N) is 1. The van der Waals surface area contributed by atoms with Crippen molar-refractivity contribution in [3.8, 4) is 5.75 Å². The number of rotatable bonds is 5. The van der Waals surface area contributed by atoms with Crippen LogP contribution < -0.4 is 16.0 Å². The van der Waals surface area contributed by atoms with Crippen LogP contribution in [0.1, 0.15) is 18.5 Å². The molecule has 3 N–H and O–H groups in total. The first-order chi connectivity index (χ1) is 9.24. The molecule has 1 aromatic carbocycles. The summed E-state index contributed by atoms with van der Waals surface area (Å²) in [5.74, 6) is 6.58. The monoisotopic (exact) mass is 265 g/mol. The number of hydrogen-bond donors (Lipinski definition) is 2. The van der Waals surface area contributed by atoms with Gasteiger partial charge in [0.05, 0.1) is 25.4 Å². The fourth-order valence-corrected chi connectivity index (χ4v) is 2.37. The summed E-state index contributed by atoms with van der Waals surface area (Å²) in [6.07, 6.45) is 0.0710. The lowest BCUT2D eigenvalue weighted by atomic mass is 10.0. The quantitative estimate of drug-likeness (QED) is 0.612. The van der Waals surface area contributed by atoms with Crippen molar-refractivity contribution in [2.75, 3.05) is 33.4 Å². The molecule has 0 aliphatic carbocycles. The predicted octanol–water partition coefficient (Wildman–Crippen LogP) is 0.920. The maximum atomic E-state index is 5.82. The Kier molecular flexibility index (Phi) is 5.15. The van der Waals surface area contributed by atoms with E-state index in [9.17, 15) is 0 Å². The van der Waals surface area contributed by atoms with Gasteiger partial charge in [0.25, 0.3) is 0 Å². The third kappa shape index (κ3) is 3.67. The molecule has 0 amide bonds. The van der Waals surface area contributed by atoms with Crippen molar-refractivity contribution in [2.45, 2.75) is 19.1 Å². The number of hydrazine groups is 1. The molecule has 19 heavy (non-hydrogen) atoms. The number of likely N-dealkylation sites (N-methyl/N-ethyl adjacent to an activating group) is 1. The number of ether oxygens (including phenoxy) is 2. The zero-order chi connectivity index (χ0) is 13.7. The lowest BCUT2D eigenvalue weighted by Gasteiger charge is -2.35. The predicted molar refractivity (Wildman–Crippen MR) is 74.9 cm³/mol. The van der Waals surface area contributed by atoms with Crippen LogP contribution >= 0.6 is 0 Å². The summed E-state index contributed by atoms with van der Waals surface area (Å²) in [7, 11) is 2.10. The summed E-state index contributed by atoms with van der Waals surface area (Å²) in [5, 5.41) is 0. The van der Waals surface area contributed by atoms with Crippen molar-refractivity contribution < 1.29 is 9.47 Å². The SMILES string of the molecule is CCOc1ccc(C(NN)C2CN(C)CCO2)cc1. The highest BCUT2D eigenvalue weighted by Gasteiger charge is 2.27. The van der Waals surface area contributed by atoms with Gasteiger partial charge >= 0.3 is 0 Å². The van der Waals surface area contributed by atoms with Gasteiger partial charge in [0.2, 0.25) is 0 Å². The van der Waals surface area contributed by atoms with Gasteiger partial charge in [0.15, 0.2) is 0 Å². The Hall–Kier alpha value is -1.14. The van der Waals surface area contributed by atoms with E-state index in [0.29, 0.717) is 6.61 Å². The largest absolute Gasteiger partial charge is 0.494 e. The van der Waals surface area contributed by atoms with E-state index in [2.05, 4.69) is 17.4 Å². The Balaban J connectivity index is 2.07. The third-order valence-corrected chi connectivity index (χ3v) is 3.40. The van der Waals surface area contributed by atoms with Gasteiger partial charge in [-0.2, -0.15) is 0 Å². The normalized spacial score (nSPS) is 22.2. The topological polar surface area (TPSA) is 59.8 Å². The Morgan fingerprint density at radius 2 is 2.21 bits per heavy atom. The molecular weight excluding hydrogens is 242 g/mol. The molecule has 0 bridgehead atoms. The van der Waals surface area contributed by atoms with E-state index in [1.54, 1.807) is 0 Å². The van der Waals surface area contributed by atoms with E-state index in [1.165, 1.54) is 0 Å². The van der Waals surface area contributed by atoms with Crippen molar-refractivity contribution in [2.24, 2.45) is 5.84 Å². The first-order valence-corrected chi connectivity index (χ1v) is 6.73. The summed E-state index contributed by atoms with van der Waals surface area (Å²) in [6, 6.07) is 8.00. The Bertz CT molecular complexity index is 383. The average molecular weight is 265 g/mol. The second-order valence-corrected chi connectivity index (χ2v) is 4.82. The molecular formula is C14H23N3O2. The summed E-state index contributed by atoms with van der Waals surface area (Å²) < 4.78 is 11.3. The molecule has 5 nitrogen and oxygen atoms in total. The molecule has 1 heterocycles. The zero-order valence-electron chi connectivity index (χ0n) is 11.6. The van der Waals surface area contributed by atoms with Crippen LogP contribution in [0.3, 0.4) is 0 Å². The number of nitrogens with zero attached hydrogens (tertiary/aromatic N) is 1. The Morgan fingerprint density at radius 3 is 2.79 bits per heavy atom. The molecule has 2 unspecified atom stereocenters. The van der Waals surface area contributed by atoms with Crippen molar-refractivity contribution in [3.63, 3.8) is 0 Å². The van der Waals surface area contributed by atoms with Gasteiger partial charge in [-0.05, 0) is 31.7 Å². The molecule has 5 heteroatoms. The molecule has 0 aromatic heterocycles. The van der Waals surface area contributed by atoms with Gasteiger partial charge in [-0.3, -0.25) is 11.3 Å². The van der Waals surface area contributed by atoms with Crippen LogP contribution in [-0.2, 0) is 4.74 Å². The van der Waals surface area contributed by atoms with Crippen LogP contribution in [0, 0.1) is 0 Å². The fourth-order valence-electron chi connectivity index (χ4n) is 2.37. The summed E-state index contributed by atoms with van der Waals surface area (Å²) in [5.41, 5.74) is 3.98. The lowest BCUT2D eigenvalue weighted by molar-refractivity contribution is -0.0393. The van der Waals surface area contributed by atoms with Gasteiger partial charge < -0.3 is 14.4 Å².